The van der Waals surface area contributed by atoms with Gasteiger partial charge in [-0.05, 0) is 31.8 Å². The molecule has 1 saturated heterocycles. The Hall–Kier alpha value is -0.870. The Kier molecular flexibility index (Phi) is 3.96. The molecule has 2 heterocycles. The molecule has 1 fully saturated rings. The lowest BCUT2D eigenvalue weighted by atomic mass is 9.94. The lowest BCUT2D eigenvalue weighted by Crippen LogP contribution is -2.35. The molecular formula is C12H20N2O2. The molecule has 2 rings (SSSR count). The highest BCUT2D eigenvalue weighted by atomic mass is 16.5. The second-order valence-corrected chi connectivity index (χ2v) is 4.55. The Morgan fingerprint density at radius 3 is 3.19 bits per heavy atom. The smallest absolute Gasteiger partial charge is 0.137 e. The SMILES string of the molecule is CCN1CCCC(Cc2cc(CO)no2)C1. The number of aliphatic hydroxyl groups excluding tert-OH is 1. The number of rotatable bonds is 4. The van der Waals surface area contributed by atoms with Crippen LogP contribution < -0.4 is 0 Å². The van der Waals surface area contributed by atoms with Crippen LogP contribution in [0.3, 0.4) is 0 Å². The van der Waals surface area contributed by atoms with E-state index in [-0.39, 0.29) is 6.61 Å². The molecule has 1 unspecified atom stereocenters. The van der Waals surface area contributed by atoms with E-state index in [1.165, 1.54) is 19.4 Å². The van der Waals surface area contributed by atoms with Crippen LogP contribution in [0.5, 0.6) is 0 Å². The first-order chi connectivity index (χ1) is 7.81. The summed E-state index contributed by atoms with van der Waals surface area (Å²) in [5.74, 6) is 1.58. The summed E-state index contributed by atoms with van der Waals surface area (Å²) >= 11 is 0. The summed E-state index contributed by atoms with van der Waals surface area (Å²) < 4.78 is 5.20. The lowest BCUT2D eigenvalue weighted by Gasteiger charge is -2.31. The molecule has 0 saturated carbocycles. The molecule has 16 heavy (non-hydrogen) atoms. The molecule has 1 aliphatic rings. The average molecular weight is 224 g/mol. The van der Waals surface area contributed by atoms with Crippen molar-refractivity contribution in [2.45, 2.75) is 32.8 Å². The number of hydrogen-bond acceptors (Lipinski definition) is 4. The quantitative estimate of drug-likeness (QED) is 0.840. The van der Waals surface area contributed by atoms with Gasteiger partial charge in [-0.15, -0.1) is 0 Å². The van der Waals surface area contributed by atoms with Crippen molar-refractivity contribution in [3.63, 3.8) is 0 Å². The third-order valence-corrected chi connectivity index (χ3v) is 3.31. The minimum absolute atomic E-state index is 0.0325. The largest absolute Gasteiger partial charge is 0.390 e. The first-order valence-electron chi connectivity index (χ1n) is 6.09. The predicted molar refractivity (Wildman–Crippen MR) is 61.0 cm³/mol. The summed E-state index contributed by atoms with van der Waals surface area (Å²) in [5, 5.41) is 12.7. The van der Waals surface area contributed by atoms with Gasteiger partial charge in [0.2, 0.25) is 0 Å². The fourth-order valence-electron chi connectivity index (χ4n) is 2.42. The van der Waals surface area contributed by atoms with Crippen LogP contribution in [-0.2, 0) is 13.0 Å². The molecule has 0 bridgehead atoms. The van der Waals surface area contributed by atoms with E-state index in [4.69, 9.17) is 9.63 Å². The van der Waals surface area contributed by atoms with Gasteiger partial charge in [-0.3, -0.25) is 0 Å². The zero-order valence-corrected chi connectivity index (χ0v) is 9.85. The molecule has 1 aromatic heterocycles. The van der Waals surface area contributed by atoms with Crippen LogP contribution in [0.25, 0.3) is 0 Å². The summed E-state index contributed by atoms with van der Waals surface area (Å²) in [6, 6.07) is 1.87. The van der Waals surface area contributed by atoms with Gasteiger partial charge in [0, 0.05) is 19.0 Å². The lowest BCUT2D eigenvalue weighted by molar-refractivity contribution is 0.175. The van der Waals surface area contributed by atoms with Crippen molar-refractivity contribution in [2.75, 3.05) is 19.6 Å². The maximum absolute atomic E-state index is 8.91. The Morgan fingerprint density at radius 1 is 1.62 bits per heavy atom. The molecule has 0 aromatic carbocycles. The number of piperidine rings is 1. The van der Waals surface area contributed by atoms with Gasteiger partial charge in [0.15, 0.2) is 0 Å². The van der Waals surface area contributed by atoms with Crippen LogP contribution in [0.15, 0.2) is 10.6 Å². The fourth-order valence-corrected chi connectivity index (χ4v) is 2.42. The Balaban J connectivity index is 1.88. The van der Waals surface area contributed by atoms with Gasteiger partial charge in [0.1, 0.15) is 11.5 Å². The Morgan fingerprint density at radius 2 is 2.50 bits per heavy atom. The highest BCUT2D eigenvalue weighted by Gasteiger charge is 2.20. The number of aliphatic hydroxyl groups is 1. The summed E-state index contributed by atoms with van der Waals surface area (Å²) in [5.41, 5.74) is 0.637. The van der Waals surface area contributed by atoms with Gasteiger partial charge in [-0.1, -0.05) is 12.1 Å². The van der Waals surface area contributed by atoms with Gasteiger partial charge in [-0.2, -0.15) is 0 Å². The molecular weight excluding hydrogens is 204 g/mol. The van der Waals surface area contributed by atoms with E-state index in [2.05, 4.69) is 17.0 Å². The summed E-state index contributed by atoms with van der Waals surface area (Å²) in [6.07, 6.45) is 3.49. The van der Waals surface area contributed by atoms with Crippen molar-refractivity contribution in [3.05, 3.63) is 17.5 Å². The Labute approximate surface area is 96.2 Å². The molecule has 1 aromatic rings. The first-order valence-corrected chi connectivity index (χ1v) is 6.09. The Bertz CT molecular complexity index is 325. The molecule has 1 aliphatic heterocycles. The maximum Gasteiger partial charge on any atom is 0.137 e. The molecule has 0 aliphatic carbocycles. The summed E-state index contributed by atoms with van der Waals surface area (Å²) in [6.45, 7) is 5.70. The van der Waals surface area contributed by atoms with Crippen molar-refractivity contribution in [3.8, 4) is 0 Å². The molecule has 1 atom stereocenters. The fraction of sp³-hybridized carbons (Fsp3) is 0.750. The minimum Gasteiger partial charge on any atom is -0.390 e. The van der Waals surface area contributed by atoms with E-state index in [0.717, 1.165) is 25.3 Å². The van der Waals surface area contributed by atoms with Gasteiger partial charge in [-0.25, -0.2) is 0 Å². The third kappa shape index (κ3) is 2.83. The van der Waals surface area contributed by atoms with Crippen LogP contribution in [-0.4, -0.2) is 34.8 Å². The van der Waals surface area contributed by atoms with E-state index in [1.807, 2.05) is 6.07 Å². The molecule has 0 amide bonds. The standard InChI is InChI=1S/C12H20N2O2/c1-2-14-5-3-4-10(8-14)6-12-7-11(9-15)13-16-12/h7,10,15H,2-6,8-9H2,1H3. The number of aromatic nitrogens is 1. The van der Waals surface area contributed by atoms with E-state index < -0.39 is 0 Å². The average Bonchev–Trinajstić information content (AvgIpc) is 2.77. The van der Waals surface area contributed by atoms with Crippen molar-refractivity contribution in [2.24, 2.45) is 5.92 Å². The molecule has 0 spiro atoms. The van der Waals surface area contributed by atoms with Gasteiger partial charge in [0.05, 0.1) is 6.61 Å². The first kappa shape index (κ1) is 11.6. The van der Waals surface area contributed by atoms with Crippen LogP contribution in [0, 0.1) is 5.92 Å². The normalized spacial score (nSPS) is 22.5. The highest BCUT2D eigenvalue weighted by Crippen LogP contribution is 2.20. The van der Waals surface area contributed by atoms with Crippen LogP contribution >= 0.6 is 0 Å². The van der Waals surface area contributed by atoms with E-state index in [9.17, 15) is 0 Å². The van der Waals surface area contributed by atoms with Crippen LogP contribution in [0.1, 0.15) is 31.2 Å². The topological polar surface area (TPSA) is 49.5 Å². The van der Waals surface area contributed by atoms with Crippen LogP contribution in [0.4, 0.5) is 0 Å². The zero-order valence-electron chi connectivity index (χ0n) is 9.85. The van der Waals surface area contributed by atoms with E-state index in [0.29, 0.717) is 11.6 Å². The van der Waals surface area contributed by atoms with Crippen molar-refractivity contribution >= 4 is 0 Å². The van der Waals surface area contributed by atoms with Gasteiger partial charge in [0.25, 0.3) is 0 Å². The third-order valence-electron chi connectivity index (χ3n) is 3.31. The second kappa shape index (κ2) is 5.46. The maximum atomic E-state index is 8.91. The number of nitrogens with zero attached hydrogens (tertiary/aromatic N) is 2. The summed E-state index contributed by atoms with van der Waals surface area (Å²) in [7, 11) is 0. The predicted octanol–water partition coefficient (Wildman–Crippen LogP) is 1.44. The van der Waals surface area contributed by atoms with E-state index in [1.54, 1.807) is 0 Å². The highest BCUT2D eigenvalue weighted by molar-refractivity contribution is 5.05. The molecule has 0 radical (unpaired) electrons. The zero-order chi connectivity index (χ0) is 11.4. The molecule has 4 heteroatoms. The van der Waals surface area contributed by atoms with E-state index >= 15 is 0 Å². The van der Waals surface area contributed by atoms with Crippen molar-refractivity contribution in [1.29, 1.82) is 0 Å². The second-order valence-electron chi connectivity index (χ2n) is 4.55. The van der Waals surface area contributed by atoms with Crippen LogP contribution in [0.2, 0.25) is 0 Å². The molecule has 4 nitrogen and oxygen atoms in total. The monoisotopic (exact) mass is 224 g/mol. The minimum atomic E-state index is -0.0325. The molecule has 1 N–H and O–H groups in total. The number of likely N-dealkylation sites (tertiary alicyclic amines) is 1. The number of hydrogen-bond donors (Lipinski definition) is 1. The van der Waals surface area contributed by atoms with Gasteiger partial charge >= 0.3 is 0 Å². The van der Waals surface area contributed by atoms with Crippen molar-refractivity contribution < 1.29 is 9.63 Å². The molecule has 90 valence electrons. The van der Waals surface area contributed by atoms with Gasteiger partial charge < -0.3 is 14.5 Å². The summed E-state index contributed by atoms with van der Waals surface area (Å²) in [4.78, 5) is 2.48. The van der Waals surface area contributed by atoms with Crippen molar-refractivity contribution in [1.82, 2.24) is 10.1 Å².